The molecule has 4 heteroatoms. The number of pyridine rings is 1. The molecule has 0 radical (unpaired) electrons. The molecule has 27 heavy (non-hydrogen) atoms. The molecule has 142 valence electrons. The van der Waals surface area contributed by atoms with Crippen molar-refractivity contribution < 1.29 is 4.79 Å². The van der Waals surface area contributed by atoms with Crippen LogP contribution in [0.3, 0.4) is 0 Å². The molecule has 0 saturated heterocycles. The zero-order valence-corrected chi connectivity index (χ0v) is 16.9. The quantitative estimate of drug-likeness (QED) is 0.735. The standard InChI is InChI=1S/C23H29N3O/c1-7-20-18(13-16(3)23(4,5)6)9-11-21(26-20)22(27)25-14-17-8-10-19(24)15(2)12-17/h7-13H,1,14,24H2,2-6H3,(H,25,27)/b16-13+. The second-order valence-electron chi connectivity index (χ2n) is 7.83. The molecule has 0 spiro atoms. The van der Waals surface area contributed by atoms with E-state index in [1.165, 1.54) is 5.57 Å². The molecule has 4 nitrogen and oxygen atoms in total. The Hall–Kier alpha value is -2.88. The van der Waals surface area contributed by atoms with Crippen LogP contribution in [0.1, 0.15) is 60.6 Å². The van der Waals surface area contributed by atoms with Crippen molar-refractivity contribution in [1.29, 1.82) is 0 Å². The van der Waals surface area contributed by atoms with E-state index in [2.05, 4.69) is 50.7 Å². The molecule has 0 fully saturated rings. The number of aryl methyl sites for hydroxylation is 1. The number of benzene rings is 1. The number of anilines is 1. The second-order valence-corrected chi connectivity index (χ2v) is 7.83. The van der Waals surface area contributed by atoms with E-state index in [4.69, 9.17) is 5.73 Å². The van der Waals surface area contributed by atoms with Gasteiger partial charge in [-0.25, -0.2) is 4.98 Å². The zero-order chi connectivity index (χ0) is 20.2. The first-order chi connectivity index (χ1) is 12.6. The van der Waals surface area contributed by atoms with Gasteiger partial charge in [-0.05, 0) is 48.6 Å². The fourth-order valence-corrected chi connectivity index (χ4v) is 2.47. The molecule has 0 bridgehead atoms. The molecule has 2 rings (SSSR count). The predicted molar refractivity (Wildman–Crippen MR) is 114 cm³/mol. The number of carbonyl (C=O) groups is 1. The molecule has 1 heterocycles. The van der Waals surface area contributed by atoms with Crippen molar-refractivity contribution in [3.8, 4) is 0 Å². The smallest absolute Gasteiger partial charge is 0.270 e. The summed E-state index contributed by atoms with van der Waals surface area (Å²) in [5, 5.41) is 2.91. The lowest BCUT2D eigenvalue weighted by Gasteiger charge is -2.20. The van der Waals surface area contributed by atoms with Gasteiger partial charge in [-0.1, -0.05) is 57.2 Å². The third-order valence-electron chi connectivity index (χ3n) is 4.73. The minimum atomic E-state index is -0.212. The summed E-state index contributed by atoms with van der Waals surface area (Å²) < 4.78 is 0. The minimum absolute atomic E-state index is 0.0751. The lowest BCUT2D eigenvalue weighted by atomic mass is 9.86. The number of hydrogen-bond donors (Lipinski definition) is 2. The molecule has 1 amide bonds. The van der Waals surface area contributed by atoms with Gasteiger partial charge in [0.1, 0.15) is 5.69 Å². The minimum Gasteiger partial charge on any atom is -0.399 e. The fraction of sp³-hybridized carbons (Fsp3) is 0.304. The third kappa shape index (κ3) is 5.30. The van der Waals surface area contributed by atoms with Crippen molar-refractivity contribution in [1.82, 2.24) is 10.3 Å². The maximum atomic E-state index is 12.5. The average Bonchev–Trinajstić information content (AvgIpc) is 2.61. The third-order valence-corrected chi connectivity index (χ3v) is 4.73. The van der Waals surface area contributed by atoms with Gasteiger partial charge < -0.3 is 11.1 Å². The van der Waals surface area contributed by atoms with Crippen LogP contribution in [0.5, 0.6) is 0 Å². The van der Waals surface area contributed by atoms with Gasteiger partial charge in [0.2, 0.25) is 0 Å². The molecule has 0 atom stereocenters. The number of nitrogens with zero attached hydrogens (tertiary/aromatic N) is 1. The number of nitrogen functional groups attached to an aromatic ring is 1. The Bertz CT molecular complexity index is 889. The Labute approximate surface area is 162 Å². The molecule has 0 aliphatic rings. The van der Waals surface area contributed by atoms with Crippen molar-refractivity contribution in [2.75, 3.05) is 5.73 Å². The highest BCUT2D eigenvalue weighted by Crippen LogP contribution is 2.27. The molecular weight excluding hydrogens is 334 g/mol. The van der Waals surface area contributed by atoms with E-state index in [1.807, 2.05) is 31.2 Å². The maximum absolute atomic E-state index is 12.5. The Kier molecular flexibility index (Phi) is 6.21. The summed E-state index contributed by atoms with van der Waals surface area (Å²) in [6.07, 6.45) is 3.78. The Morgan fingerprint density at radius 3 is 2.56 bits per heavy atom. The van der Waals surface area contributed by atoms with Crippen LogP contribution in [0.2, 0.25) is 0 Å². The van der Waals surface area contributed by atoms with Crippen LogP contribution < -0.4 is 11.1 Å². The number of nitrogens with one attached hydrogen (secondary N) is 1. The first-order valence-corrected chi connectivity index (χ1v) is 9.07. The van der Waals surface area contributed by atoms with E-state index >= 15 is 0 Å². The number of aromatic nitrogens is 1. The van der Waals surface area contributed by atoms with Gasteiger partial charge in [0.05, 0.1) is 5.69 Å². The summed E-state index contributed by atoms with van der Waals surface area (Å²) in [5.41, 5.74) is 11.9. The number of nitrogens with two attached hydrogens (primary N) is 1. The summed E-state index contributed by atoms with van der Waals surface area (Å²) in [5.74, 6) is -0.212. The predicted octanol–water partition coefficient (Wildman–Crippen LogP) is 4.99. The van der Waals surface area contributed by atoms with Crippen molar-refractivity contribution >= 4 is 23.7 Å². The Morgan fingerprint density at radius 2 is 1.96 bits per heavy atom. The maximum Gasteiger partial charge on any atom is 0.270 e. The topological polar surface area (TPSA) is 68.0 Å². The largest absolute Gasteiger partial charge is 0.399 e. The highest BCUT2D eigenvalue weighted by atomic mass is 16.1. The highest BCUT2D eigenvalue weighted by Gasteiger charge is 2.14. The van der Waals surface area contributed by atoms with Gasteiger partial charge in [-0.2, -0.15) is 0 Å². The van der Waals surface area contributed by atoms with E-state index in [9.17, 15) is 4.79 Å². The summed E-state index contributed by atoms with van der Waals surface area (Å²) in [6.45, 7) is 14.8. The van der Waals surface area contributed by atoms with Crippen molar-refractivity contribution in [3.05, 3.63) is 70.6 Å². The molecule has 1 aromatic heterocycles. The summed E-state index contributed by atoms with van der Waals surface area (Å²) in [4.78, 5) is 17.0. The summed E-state index contributed by atoms with van der Waals surface area (Å²) in [6, 6.07) is 9.40. The first-order valence-electron chi connectivity index (χ1n) is 9.07. The van der Waals surface area contributed by atoms with E-state index in [0.29, 0.717) is 17.9 Å². The molecule has 0 aliphatic carbocycles. The first kappa shape index (κ1) is 20.4. The monoisotopic (exact) mass is 363 g/mol. The number of allylic oxidation sites excluding steroid dienone is 1. The van der Waals surface area contributed by atoms with Gasteiger partial charge in [0.25, 0.3) is 5.91 Å². The Morgan fingerprint density at radius 1 is 1.26 bits per heavy atom. The van der Waals surface area contributed by atoms with E-state index in [1.54, 1.807) is 12.1 Å². The van der Waals surface area contributed by atoms with Gasteiger partial charge in [-0.3, -0.25) is 4.79 Å². The number of hydrogen-bond acceptors (Lipinski definition) is 3. The van der Waals surface area contributed by atoms with Crippen molar-refractivity contribution in [3.63, 3.8) is 0 Å². The fourth-order valence-electron chi connectivity index (χ4n) is 2.47. The summed E-state index contributed by atoms with van der Waals surface area (Å²) in [7, 11) is 0. The van der Waals surface area contributed by atoms with E-state index in [-0.39, 0.29) is 11.3 Å². The molecule has 2 aromatic rings. The van der Waals surface area contributed by atoms with Crippen LogP contribution >= 0.6 is 0 Å². The van der Waals surface area contributed by atoms with Crippen LogP contribution in [0.4, 0.5) is 5.69 Å². The van der Waals surface area contributed by atoms with Crippen LogP contribution in [0.25, 0.3) is 12.2 Å². The van der Waals surface area contributed by atoms with Crippen LogP contribution in [-0.4, -0.2) is 10.9 Å². The SMILES string of the molecule is C=Cc1nc(C(=O)NCc2ccc(N)c(C)c2)ccc1/C=C(\C)C(C)(C)C. The molecule has 0 unspecified atom stereocenters. The summed E-state index contributed by atoms with van der Waals surface area (Å²) >= 11 is 0. The lowest BCUT2D eigenvalue weighted by molar-refractivity contribution is 0.0946. The molecular formula is C23H29N3O. The van der Waals surface area contributed by atoms with E-state index < -0.39 is 0 Å². The van der Waals surface area contributed by atoms with Gasteiger partial charge in [0, 0.05) is 17.8 Å². The molecule has 0 aliphatic heterocycles. The van der Waals surface area contributed by atoms with Crippen molar-refractivity contribution in [2.24, 2.45) is 5.41 Å². The van der Waals surface area contributed by atoms with Crippen molar-refractivity contribution in [2.45, 2.75) is 41.2 Å². The van der Waals surface area contributed by atoms with Gasteiger partial charge >= 0.3 is 0 Å². The number of carbonyl (C=O) groups excluding carboxylic acids is 1. The second kappa shape index (κ2) is 8.21. The van der Waals surface area contributed by atoms with Crippen LogP contribution in [-0.2, 0) is 6.54 Å². The Balaban J connectivity index is 2.17. The highest BCUT2D eigenvalue weighted by molar-refractivity contribution is 5.92. The molecule has 1 aromatic carbocycles. The van der Waals surface area contributed by atoms with Gasteiger partial charge in [-0.15, -0.1) is 0 Å². The van der Waals surface area contributed by atoms with E-state index in [0.717, 1.165) is 22.4 Å². The lowest BCUT2D eigenvalue weighted by Crippen LogP contribution is -2.24. The van der Waals surface area contributed by atoms with Gasteiger partial charge in [0.15, 0.2) is 0 Å². The van der Waals surface area contributed by atoms with Crippen LogP contribution in [0.15, 0.2) is 42.5 Å². The number of amides is 1. The normalized spacial score (nSPS) is 12.0. The van der Waals surface area contributed by atoms with Crippen LogP contribution in [0, 0.1) is 12.3 Å². The molecule has 3 N–H and O–H groups in total. The average molecular weight is 364 g/mol. The number of rotatable bonds is 5. The molecule has 0 saturated carbocycles. The zero-order valence-electron chi connectivity index (χ0n) is 16.9.